The molecule has 68 valence electrons. The molecule has 0 fully saturated rings. The summed E-state index contributed by atoms with van der Waals surface area (Å²) in [5.41, 5.74) is 3.05. The molecule has 0 heteroatoms. The molecular weight excluding hydrogens is 144 g/mol. The number of hydrogen-bond acceptors (Lipinski definition) is 0. The molecule has 0 amide bonds. The van der Waals surface area contributed by atoms with E-state index in [9.17, 15) is 0 Å². The standard InChI is InChI=1S/C12H20/c1-3-5-7-9-11-12-10-8-6-4-2/h3,7,11-12H,4,6,8-10H2,1-2H3/b12-11+. The van der Waals surface area contributed by atoms with Crippen molar-refractivity contribution < 1.29 is 0 Å². The van der Waals surface area contributed by atoms with Gasteiger partial charge in [-0.1, -0.05) is 31.9 Å². The van der Waals surface area contributed by atoms with Crippen LogP contribution in [0.5, 0.6) is 0 Å². The lowest BCUT2D eigenvalue weighted by Crippen LogP contribution is -1.70. The molecule has 0 saturated heterocycles. The van der Waals surface area contributed by atoms with Crippen LogP contribution in [0.15, 0.2) is 30.0 Å². The van der Waals surface area contributed by atoms with Crippen molar-refractivity contribution in [3.05, 3.63) is 30.0 Å². The van der Waals surface area contributed by atoms with E-state index in [-0.39, 0.29) is 0 Å². The van der Waals surface area contributed by atoms with Gasteiger partial charge in [-0.3, -0.25) is 0 Å². The van der Waals surface area contributed by atoms with Crippen LogP contribution < -0.4 is 0 Å². The minimum Gasteiger partial charge on any atom is -0.130 e. The molecule has 0 rings (SSSR count). The molecule has 0 saturated carbocycles. The zero-order valence-electron chi connectivity index (χ0n) is 8.34. The maximum Gasteiger partial charge on any atom is -0.00930 e. The van der Waals surface area contributed by atoms with Gasteiger partial charge in [-0.05, 0) is 38.3 Å². The fraction of sp³-hybridized carbons (Fsp3) is 0.583. The quantitative estimate of drug-likeness (QED) is 0.313. The fourth-order valence-electron chi connectivity index (χ4n) is 0.980. The van der Waals surface area contributed by atoms with Gasteiger partial charge in [0.05, 0.1) is 0 Å². The molecule has 0 aliphatic heterocycles. The first-order valence-electron chi connectivity index (χ1n) is 4.92. The summed E-state index contributed by atoms with van der Waals surface area (Å²) in [6, 6.07) is 0. The zero-order valence-corrected chi connectivity index (χ0v) is 8.34. The highest BCUT2D eigenvalue weighted by Gasteiger charge is 1.80. The normalized spacial score (nSPS) is 9.83. The SMILES string of the molecule is CC=C=CC/C=C/CCCCC. The summed E-state index contributed by atoms with van der Waals surface area (Å²) < 4.78 is 0. The topological polar surface area (TPSA) is 0 Å². The first-order valence-corrected chi connectivity index (χ1v) is 4.92. The average molecular weight is 164 g/mol. The zero-order chi connectivity index (χ0) is 9.07. The van der Waals surface area contributed by atoms with Crippen LogP contribution in [0.4, 0.5) is 0 Å². The van der Waals surface area contributed by atoms with E-state index >= 15 is 0 Å². The summed E-state index contributed by atoms with van der Waals surface area (Å²) in [5, 5.41) is 0. The minimum absolute atomic E-state index is 1.02. The number of rotatable bonds is 6. The van der Waals surface area contributed by atoms with Crippen molar-refractivity contribution in [1.82, 2.24) is 0 Å². The van der Waals surface area contributed by atoms with Gasteiger partial charge in [0.15, 0.2) is 0 Å². The minimum atomic E-state index is 1.02. The second kappa shape index (κ2) is 10.3. The van der Waals surface area contributed by atoms with Gasteiger partial charge in [0.25, 0.3) is 0 Å². The molecule has 0 atom stereocenters. The molecule has 0 unspecified atom stereocenters. The van der Waals surface area contributed by atoms with E-state index in [1.807, 2.05) is 13.0 Å². The Balaban J connectivity index is 3.20. The lowest BCUT2D eigenvalue weighted by molar-refractivity contribution is 0.728. The third-order valence-electron chi connectivity index (χ3n) is 1.68. The van der Waals surface area contributed by atoms with Crippen molar-refractivity contribution in [1.29, 1.82) is 0 Å². The van der Waals surface area contributed by atoms with Gasteiger partial charge >= 0.3 is 0 Å². The lowest BCUT2D eigenvalue weighted by Gasteiger charge is -1.90. The second-order valence-corrected chi connectivity index (χ2v) is 2.86. The molecule has 0 N–H and O–H groups in total. The van der Waals surface area contributed by atoms with Crippen LogP contribution in [-0.4, -0.2) is 0 Å². The Morgan fingerprint density at radius 3 is 2.67 bits per heavy atom. The van der Waals surface area contributed by atoms with Crippen molar-refractivity contribution in [2.45, 2.75) is 46.0 Å². The van der Waals surface area contributed by atoms with E-state index < -0.39 is 0 Å². The van der Waals surface area contributed by atoms with Crippen molar-refractivity contribution in [3.63, 3.8) is 0 Å². The largest absolute Gasteiger partial charge is 0.130 e. The Morgan fingerprint density at radius 2 is 2.00 bits per heavy atom. The van der Waals surface area contributed by atoms with Crippen molar-refractivity contribution >= 4 is 0 Å². The molecule has 0 spiro atoms. The van der Waals surface area contributed by atoms with Crippen molar-refractivity contribution in [2.24, 2.45) is 0 Å². The Labute approximate surface area is 76.7 Å². The fourth-order valence-corrected chi connectivity index (χ4v) is 0.980. The highest BCUT2D eigenvalue weighted by Crippen LogP contribution is 1.99. The molecule has 0 aliphatic carbocycles. The van der Waals surface area contributed by atoms with E-state index in [4.69, 9.17) is 0 Å². The Morgan fingerprint density at radius 1 is 1.17 bits per heavy atom. The lowest BCUT2D eigenvalue weighted by atomic mass is 10.2. The van der Waals surface area contributed by atoms with Crippen LogP contribution in [0.25, 0.3) is 0 Å². The van der Waals surface area contributed by atoms with E-state index in [0.717, 1.165) is 6.42 Å². The maximum atomic E-state index is 3.05. The van der Waals surface area contributed by atoms with Crippen molar-refractivity contribution in [3.8, 4) is 0 Å². The smallest absolute Gasteiger partial charge is 0.00930 e. The summed E-state index contributed by atoms with van der Waals surface area (Å²) in [5.74, 6) is 0. The summed E-state index contributed by atoms with van der Waals surface area (Å²) in [6.07, 6.45) is 14.7. The Kier molecular flexibility index (Phi) is 9.63. The van der Waals surface area contributed by atoms with Gasteiger partial charge in [-0.2, -0.15) is 0 Å². The number of allylic oxidation sites excluding steroid dienone is 3. The van der Waals surface area contributed by atoms with E-state index in [0.29, 0.717) is 0 Å². The molecule has 0 radical (unpaired) electrons. The maximum absolute atomic E-state index is 3.05. The van der Waals surface area contributed by atoms with Gasteiger partial charge in [-0.25, -0.2) is 0 Å². The molecule has 12 heavy (non-hydrogen) atoms. The monoisotopic (exact) mass is 164 g/mol. The number of hydrogen-bond donors (Lipinski definition) is 0. The average Bonchev–Trinajstić information content (AvgIpc) is 2.10. The molecule has 0 bridgehead atoms. The molecule has 0 aliphatic rings. The van der Waals surface area contributed by atoms with Crippen LogP contribution >= 0.6 is 0 Å². The van der Waals surface area contributed by atoms with Gasteiger partial charge in [0.2, 0.25) is 0 Å². The van der Waals surface area contributed by atoms with E-state index in [1.165, 1.54) is 25.7 Å². The van der Waals surface area contributed by atoms with Crippen LogP contribution in [0, 0.1) is 0 Å². The first-order chi connectivity index (χ1) is 5.91. The van der Waals surface area contributed by atoms with Gasteiger partial charge in [-0.15, -0.1) is 5.73 Å². The van der Waals surface area contributed by atoms with Gasteiger partial charge in [0.1, 0.15) is 0 Å². The van der Waals surface area contributed by atoms with Crippen LogP contribution in [0.1, 0.15) is 46.0 Å². The Hall–Kier alpha value is -0.740. The molecular formula is C12H20. The van der Waals surface area contributed by atoms with Gasteiger partial charge < -0.3 is 0 Å². The highest BCUT2D eigenvalue weighted by atomic mass is 13.9. The highest BCUT2D eigenvalue weighted by molar-refractivity contribution is 4.92. The predicted octanol–water partition coefficient (Wildman–Crippen LogP) is 4.24. The summed E-state index contributed by atoms with van der Waals surface area (Å²) >= 11 is 0. The number of unbranched alkanes of at least 4 members (excludes halogenated alkanes) is 3. The third-order valence-corrected chi connectivity index (χ3v) is 1.68. The molecule has 0 aromatic rings. The second-order valence-electron chi connectivity index (χ2n) is 2.86. The van der Waals surface area contributed by atoms with Crippen LogP contribution in [0.3, 0.4) is 0 Å². The van der Waals surface area contributed by atoms with Gasteiger partial charge in [0, 0.05) is 0 Å². The van der Waals surface area contributed by atoms with Crippen LogP contribution in [0.2, 0.25) is 0 Å². The molecule has 0 nitrogen and oxygen atoms in total. The summed E-state index contributed by atoms with van der Waals surface area (Å²) in [7, 11) is 0. The summed E-state index contributed by atoms with van der Waals surface area (Å²) in [6.45, 7) is 4.22. The third kappa shape index (κ3) is 9.26. The Bertz CT molecular complexity index is 157. The predicted molar refractivity (Wildman–Crippen MR) is 56.2 cm³/mol. The first kappa shape index (κ1) is 11.3. The van der Waals surface area contributed by atoms with Crippen LogP contribution in [-0.2, 0) is 0 Å². The summed E-state index contributed by atoms with van der Waals surface area (Å²) in [4.78, 5) is 0. The van der Waals surface area contributed by atoms with E-state index in [1.54, 1.807) is 0 Å². The van der Waals surface area contributed by atoms with Crippen molar-refractivity contribution in [2.75, 3.05) is 0 Å². The molecule has 0 aromatic carbocycles. The van der Waals surface area contributed by atoms with E-state index in [2.05, 4.69) is 30.9 Å². The molecule has 0 aromatic heterocycles. The molecule has 0 heterocycles.